The fourth-order valence-electron chi connectivity index (χ4n) is 1.57. The third-order valence-corrected chi connectivity index (χ3v) is 2.31. The largest absolute Gasteiger partial charge is 0.345 e. The van der Waals surface area contributed by atoms with Crippen molar-refractivity contribution in [3.05, 3.63) is 0 Å². The van der Waals surface area contributed by atoms with Crippen LogP contribution in [0, 0.1) is 5.92 Å². The van der Waals surface area contributed by atoms with Gasteiger partial charge in [0.15, 0.2) is 0 Å². The molecule has 0 saturated heterocycles. The summed E-state index contributed by atoms with van der Waals surface area (Å²) in [6, 6.07) is 0. The van der Waals surface area contributed by atoms with Gasteiger partial charge in [0.1, 0.15) is 5.60 Å². The van der Waals surface area contributed by atoms with Crippen molar-refractivity contribution in [1.82, 2.24) is 0 Å². The van der Waals surface area contributed by atoms with Gasteiger partial charge in [-0.05, 0) is 33.6 Å². The van der Waals surface area contributed by atoms with E-state index in [-0.39, 0.29) is 11.9 Å². The van der Waals surface area contributed by atoms with E-state index < -0.39 is 5.60 Å². The van der Waals surface area contributed by atoms with Crippen LogP contribution in [0.5, 0.6) is 0 Å². The van der Waals surface area contributed by atoms with Gasteiger partial charge in [0, 0.05) is 0 Å². The molecule has 0 heterocycles. The molecule has 0 amide bonds. The van der Waals surface area contributed by atoms with Gasteiger partial charge in [0.2, 0.25) is 0 Å². The summed E-state index contributed by atoms with van der Waals surface area (Å²) in [7, 11) is 0. The molecule has 0 unspecified atom stereocenters. The van der Waals surface area contributed by atoms with Gasteiger partial charge >= 0.3 is 5.97 Å². The Morgan fingerprint density at radius 1 is 1.14 bits per heavy atom. The zero-order chi connectivity index (χ0) is 10.6. The average Bonchev–Trinajstić information content (AvgIpc) is 2.14. The molecule has 1 rings (SSSR count). The minimum absolute atomic E-state index is 0.0612. The first-order valence-corrected chi connectivity index (χ1v) is 5.38. The summed E-state index contributed by atoms with van der Waals surface area (Å²) in [5.41, 5.74) is -0.412. The Morgan fingerprint density at radius 2 is 1.71 bits per heavy atom. The minimum Gasteiger partial charge on any atom is -0.298 e. The molecule has 0 N–H and O–H groups in total. The van der Waals surface area contributed by atoms with E-state index in [4.69, 9.17) is 9.78 Å². The lowest BCUT2D eigenvalue weighted by molar-refractivity contribution is -0.323. The first-order valence-electron chi connectivity index (χ1n) is 5.38. The molecule has 0 aliphatic heterocycles. The molecule has 14 heavy (non-hydrogen) atoms. The Balaban J connectivity index is 2.27. The molecule has 1 aliphatic carbocycles. The molecule has 82 valence electrons. The molecule has 0 atom stereocenters. The number of rotatable bonds is 2. The molecule has 3 heteroatoms. The van der Waals surface area contributed by atoms with Crippen LogP contribution in [-0.2, 0) is 14.6 Å². The normalized spacial score (nSPS) is 19.4. The molecule has 0 aromatic heterocycles. The van der Waals surface area contributed by atoms with E-state index in [0.29, 0.717) is 0 Å². The summed E-state index contributed by atoms with van der Waals surface area (Å²) in [4.78, 5) is 21.3. The van der Waals surface area contributed by atoms with Crippen LogP contribution in [0.25, 0.3) is 0 Å². The highest BCUT2D eigenvalue weighted by Gasteiger charge is 2.25. The summed E-state index contributed by atoms with van der Waals surface area (Å²) in [6.07, 6.45) is 5.41. The van der Waals surface area contributed by atoms with E-state index in [2.05, 4.69) is 0 Å². The van der Waals surface area contributed by atoms with Crippen molar-refractivity contribution in [1.29, 1.82) is 0 Å². The maximum atomic E-state index is 11.5. The highest BCUT2D eigenvalue weighted by atomic mass is 17.2. The molecule has 0 radical (unpaired) electrons. The van der Waals surface area contributed by atoms with Crippen LogP contribution in [-0.4, -0.2) is 11.6 Å². The second kappa shape index (κ2) is 4.78. The van der Waals surface area contributed by atoms with Gasteiger partial charge in [-0.25, -0.2) is 4.79 Å². The Labute approximate surface area is 85.7 Å². The fourth-order valence-corrected chi connectivity index (χ4v) is 1.57. The summed E-state index contributed by atoms with van der Waals surface area (Å²) in [5, 5.41) is 0. The smallest absolute Gasteiger partial charge is 0.298 e. The van der Waals surface area contributed by atoms with Crippen LogP contribution in [0.15, 0.2) is 0 Å². The zero-order valence-corrected chi connectivity index (χ0v) is 9.34. The third kappa shape index (κ3) is 4.09. The van der Waals surface area contributed by atoms with Gasteiger partial charge in [0.25, 0.3) is 0 Å². The van der Waals surface area contributed by atoms with Crippen LogP contribution in [0.2, 0.25) is 0 Å². The third-order valence-electron chi connectivity index (χ3n) is 2.31. The molecule has 0 aromatic carbocycles. The van der Waals surface area contributed by atoms with Crippen molar-refractivity contribution in [2.45, 2.75) is 58.5 Å². The predicted molar refractivity (Wildman–Crippen MR) is 53.5 cm³/mol. The highest BCUT2D eigenvalue weighted by Crippen LogP contribution is 2.25. The van der Waals surface area contributed by atoms with Crippen LogP contribution in [0.4, 0.5) is 0 Å². The maximum Gasteiger partial charge on any atom is 0.345 e. The lowest BCUT2D eigenvalue weighted by Crippen LogP contribution is -2.26. The molecule has 0 aromatic rings. The lowest BCUT2D eigenvalue weighted by Gasteiger charge is -2.22. The second-order valence-electron chi connectivity index (χ2n) is 4.93. The number of carbonyl (C=O) groups excluding carboxylic acids is 1. The van der Waals surface area contributed by atoms with Gasteiger partial charge in [-0.2, -0.15) is 4.89 Å². The van der Waals surface area contributed by atoms with Crippen LogP contribution in [0.3, 0.4) is 0 Å². The monoisotopic (exact) mass is 200 g/mol. The topological polar surface area (TPSA) is 35.5 Å². The van der Waals surface area contributed by atoms with Gasteiger partial charge in [-0.15, -0.1) is 0 Å². The Bertz CT molecular complexity index is 187. The van der Waals surface area contributed by atoms with Gasteiger partial charge in [-0.3, -0.25) is 4.89 Å². The molecule has 1 aliphatic rings. The van der Waals surface area contributed by atoms with Crippen LogP contribution in [0.1, 0.15) is 52.9 Å². The number of hydrogen-bond donors (Lipinski definition) is 0. The van der Waals surface area contributed by atoms with Crippen molar-refractivity contribution < 1.29 is 14.6 Å². The van der Waals surface area contributed by atoms with E-state index in [9.17, 15) is 4.79 Å². The zero-order valence-electron chi connectivity index (χ0n) is 9.34. The summed E-state index contributed by atoms with van der Waals surface area (Å²) >= 11 is 0. The number of hydrogen-bond acceptors (Lipinski definition) is 3. The second-order valence-corrected chi connectivity index (χ2v) is 4.93. The van der Waals surface area contributed by atoms with Crippen molar-refractivity contribution in [3.63, 3.8) is 0 Å². The van der Waals surface area contributed by atoms with E-state index in [0.717, 1.165) is 25.7 Å². The standard InChI is InChI=1S/C11H20O3/c1-11(2,3)14-13-10(12)9-7-5-4-6-8-9/h9H,4-8H2,1-3H3. The summed E-state index contributed by atoms with van der Waals surface area (Å²) < 4.78 is 0. The SMILES string of the molecule is CC(C)(C)OOC(=O)C1CCCCC1. The van der Waals surface area contributed by atoms with Crippen LogP contribution >= 0.6 is 0 Å². The van der Waals surface area contributed by atoms with Crippen molar-refractivity contribution >= 4 is 5.97 Å². The van der Waals surface area contributed by atoms with E-state index in [1.165, 1.54) is 6.42 Å². The average molecular weight is 200 g/mol. The Kier molecular flexibility index (Phi) is 3.93. The van der Waals surface area contributed by atoms with Gasteiger partial charge in [-0.1, -0.05) is 19.3 Å². The minimum atomic E-state index is -0.412. The molecule has 3 nitrogen and oxygen atoms in total. The summed E-state index contributed by atoms with van der Waals surface area (Å²) in [5.74, 6) is -0.134. The first kappa shape index (κ1) is 11.5. The van der Waals surface area contributed by atoms with Crippen molar-refractivity contribution in [2.75, 3.05) is 0 Å². The first-order chi connectivity index (χ1) is 6.49. The van der Waals surface area contributed by atoms with E-state index >= 15 is 0 Å². The van der Waals surface area contributed by atoms with Gasteiger partial charge < -0.3 is 0 Å². The lowest BCUT2D eigenvalue weighted by atomic mass is 9.89. The molecule has 0 spiro atoms. The predicted octanol–water partition coefficient (Wildman–Crippen LogP) is 2.84. The molecule has 1 saturated carbocycles. The highest BCUT2D eigenvalue weighted by molar-refractivity contribution is 5.71. The quantitative estimate of drug-likeness (QED) is 0.508. The molecular weight excluding hydrogens is 180 g/mol. The van der Waals surface area contributed by atoms with E-state index in [1.54, 1.807) is 0 Å². The maximum absolute atomic E-state index is 11.5. The van der Waals surface area contributed by atoms with E-state index in [1.807, 2.05) is 20.8 Å². The van der Waals surface area contributed by atoms with Crippen molar-refractivity contribution in [2.24, 2.45) is 5.92 Å². The number of carbonyl (C=O) groups is 1. The summed E-state index contributed by atoms with van der Waals surface area (Å²) in [6.45, 7) is 5.59. The molecule has 0 bridgehead atoms. The van der Waals surface area contributed by atoms with Crippen LogP contribution < -0.4 is 0 Å². The molecule has 1 fully saturated rings. The van der Waals surface area contributed by atoms with Crippen molar-refractivity contribution in [3.8, 4) is 0 Å². The molecular formula is C11H20O3. The van der Waals surface area contributed by atoms with Gasteiger partial charge in [0.05, 0.1) is 5.92 Å². The fraction of sp³-hybridized carbons (Fsp3) is 0.909. The Morgan fingerprint density at radius 3 is 2.21 bits per heavy atom. The Hall–Kier alpha value is -0.570.